The first-order valence-corrected chi connectivity index (χ1v) is 6.22. The zero-order valence-electron chi connectivity index (χ0n) is 9.82. The van der Waals surface area contributed by atoms with Crippen LogP contribution in [0.2, 0.25) is 0 Å². The third kappa shape index (κ3) is 1.80. The van der Waals surface area contributed by atoms with Gasteiger partial charge in [-0.2, -0.15) is 0 Å². The Bertz CT molecular complexity index is 377. The van der Waals surface area contributed by atoms with E-state index in [9.17, 15) is 0 Å². The predicted octanol–water partition coefficient (Wildman–Crippen LogP) is 1.76. The van der Waals surface area contributed by atoms with Crippen LogP contribution < -0.4 is 5.32 Å². The van der Waals surface area contributed by atoms with Crippen molar-refractivity contribution in [1.29, 1.82) is 0 Å². The molecule has 3 rings (SSSR count). The second-order valence-corrected chi connectivity index (χ2v) is 5.10. The van der Waals surface area contributed by atoms with E-state index in [1.165, 1.54) is 37.3 Å². The highest BCUT2D eigenvalue weighted by atomic mass is 15.1. The van der Waals surface area contributed by atoms with Crippen molar-refractivity contribution in [3.63, 3.8) is 0 Å². The molecule has 1 N–H and O–H groups in total. The van der Waals surface area contributed by atoms with Crippen molar-refractivity contribution in [1.82, 2.24) is 9.88 Å². The molecule has 0 saturated carbocycles. The van der Waals surface area contributed by atoms with E-state index < -0.39 is 0 Å². The maximum atomic E-state index is 4.48. The highest BCUT2D eigenvalue weighted by Crippen LogP contribution is 2.30. The Morgan fingerprint density at radius 3 is 3.31 bits per heavy atom. The molecule has 86 valence electrons. The second-order valence-electron chi connectivity index (χ2n) is 5.10. The predicted molar refractivity (Wildman–Crippen MR) is 65.6 cm³/mol. The fraction of sp³-hybridized carbons (Fsp3) is 0.615. The third-order valence-corrected chi connectivity index (χ3v) is 3.94. The SMILES string of the molecule is CN1CCC2CCc3ncccc3NC2C1. The molecule has 1 aromatic rings. The Hall–Kier alpha value is -1.09. The van der Waals surface area contributed by atoms with E-state index in [1.54, 1.807) is 0 Å². The highest BCUT2D eigenvalue weighted by molar-refractivity contribution is 5.49. The quantitative estimate of drug-likeness (QED) is 0.717. The van der Waals surface area contributed by atoms with Crippen molar-refractivity contribution in [3.8, 4) is 0 Å². The summed E-state index contributed by atoms with van der Waals surface area (Å²) in [5.41, 5.74) is 2.50. The molecule has 2 aliphatic rings. The molecule has 2 atom stereocenters. The molecule has 16 heavy (non-hydrogen) atoms. The smallest absolute Gasteiger partial charge is 0.0634 e. The van der Waals surface area contributed by atoms with Crippen LogP contribution in [0.3, 0.4) is 0 Å². The zero-order chi connectivity index (χ0) is 11.0. The Kier molecular flexibility index (Phi) is 2.56. The summed E-state index contributed by atoms with van der Waals surface area (Å²) in [6, 6.07) is 4.81. The molecule has 2 unspecified atom stereocenters. The molecule has 2 aliphatic heterocycles. The molecular weight excluding hydrogens is 198 g/mol. The first-order chi connectivity index (χ1) is 7.83. The fourth-order valence-corrected chi connectivity index (χ4v) is 2.96. The number of hydrogen-bond acceptors (Lipinski definition) is 3. The number of rotatable bonds is 0. The van der Waals surface area contributed by atoms with Gasteiger partial charge in [-0.3, -0.25) is 4.98 Å². The first kappa shape index (κ1) is 10.1. The van der Waals surface area contributed by atoms with Gasteiger partial charge in [-0.1, -0.05) is 0 Å². The number of aryl methyl sites for hydroxylation is 1. The summed E-state index contributed by atoms with van der Waals surface area (Å²) < 4.78 is 0. The molecular formula is C13H19N3. The van der Waals surface area contributed by atoms with E-state index in [4.69, 9.17) is 0 Å². The van der Waals surface area contributed by atoms with Crippen molar-refractivity contribution in [2.45, 2.75) is 25.3 Å². The van der Waals surface area contributed by atoms with Crippen molar-refractivity contribution in [2.75, 3.05) is 25.5 Å². The molecule has 0 amide bonds. The average Bonchev–Trinajstić information content (AvgIpc) is 2.47. The molecule has 3 heteroatoms. The summed E-state index contributed by atoms with van der Waals surface area (Å²) >= 11 is 0. The largest absolute Gasteiger partial charge is 0.379 e. The molecule has 1 saturated heterocycles. The van der Waals surface area contributed by atoms with Crippen molar-refractivity contribution in [3.05, 3.63) is 24.0 Å². The van der Waals surface area contributed by atoms with Gasteiger partial charge in [0.1, 0.15) is 0 Å². The van der Waals surface area contributed by atoms with Crippen LogP contribution in [0, 0.1) is 5.92 Å². The Labute approximate surface area is 96.9 Å². The van der Waals surface area contributed by atoms with Gasteiger partial charge in [0.15, 0.2) is 0 Å². The van der Waals surface area contributed by atoms with E-state index in [1.807, 2.05) is 12.3 Å². The number of anilines is 1. The van der Waals surface area contributed by atoms with Crippen LogP contribution in [-0.4, -0.2) is 36.1 Å². The van der Waals surface area contributed by atoms with E-state index >= 15 is 0 Å². The number of nitrogens with zero attached hydrogens (tertiary/aromatic N) is 2. The maximum absolute atomic E-state index is 4.48. The molecule has 1 aromatic heterocycles. The average molecular weight is 217 g/mol. The molecule has 0 bridgehead atoms. The van der Waals surface area contributed by atoms with Crippen LogP contribution in [-0.2, 0) is 6.42 Å². The number of piperidine rings is 1. The molecule has 0 spiro atoms. The van der Waals surface area contributed by atoms with Gasteiger partial charge >= 0.3 is 0 Å². The van der Waals surface area contributed by atoms with E-state index in [-0.39, 0.29) is 0 Å². The summed E-state index contributed by atoms with van der Waals surface area (Å²) in [4.78, 5) is 6.91. The maximum Gasteiger partial charge on any atom is 0.0634 e. The summed E-state index contributed by atoms with van der Waals surface area (Å²) in [7, 11) is 2.22. The molecule has 1 fully saturated rings. The standard InChI is InChI=1S/C13H19N3/c1-16-8-6-10-4-5-11-12(3-2-7-14-11)15-13(10)9-16/h2-3,7,10,13,15H,4-6,8-9H2,1H3. The minimum Gasteiger partial charge on any atom is -0.379 e. The van der Waals surface area contributed by atoms with Gasteiger partial charge in [0.2, 0.25) is 0 Å². The van der Waals surface area contributed by atoms with Gasteiger partial charge in [-0.05, 0) is 50.9 Å². The minimum atomic E-state index is 0.615. The van der Waals surface area contributed by atoms with Crippen LogP contribution in [0.4, 0.5) is 5.69 Å². The lowest BCUT2D eigenvalue weighted by molar-refractivity contribution is 0.196. The number of fused-ring (bicyclic) bond motifs is 2. The number of pyridine rings is 1. The summed E-state index contributed by atoms with van der Waals surface area (Å²) in [5, 5.41) is 3.69. The molecule has 0 aromatic carbocycles. The fourth-order valence-electron chi connectivity index (χ4n) is 2.96. The molecule has 3 nitrogen and oxygen atoms in total. The topological polar surface area (TPSA) is 28.2 Å². The minimum absolute atomic E-state index is 0.615. The Morgan fingerprint density at radius 1 is 1.44 bits per heavy atom. The number of likely N-dealkylation sites (tertiary alicyclic amines) is 1. The summed E-state index contributed by atoms with van der Waals surface area (Å²) in [6.45, 7) is 2.41. The van der Waals surface area contributed by atoms with E-state index in [0.717, 1.165) is 12.3 Å². The van der Waals surface area contributed by atoms with Crippen LogP contribution >= 0.6 is 0 Å². The van der Waals surface area contributed by atoms with E-state index in [0.29, 0.717) is 6.04 Å². The van der Waals surface area contributed by atoms with Gasteiger partial charge in [0.05, 0.1) is 11.4 Å². The lowest BCUT2D eigenvalue weighted by atomic mass is 9.88. The van der Waals surface area contributed by atoms with Crippen LogP contribution in [0.15, 0.2) is 18.3 Å². The summed E-state index contributed by atoms with van der Waals surface area (Å²) in [5.74, 6) is 0.824. The molecule has 0 aliphatic carbocycles. The summed E-state index contributed by atoms with van der Waals surface area (Å²) in [6.07, 6.45) is 5.65. The van der Waals surface area contributed by atoms with Gasteiger partial charge in [0.25, 0.3) is 0 Å². The van der Waals surface area contributed by atoms with Crippen LogP contribution in [0.5, 0.6) is 0 Å². The van der Waals surface area contributed by atoms with Gasteiger partial charge in [-0.15, -0.1) is 0 Å². The number of hydrogen-bond donors (Lipinski definition) is 1. The lowest BCUT2D eigenvalue weighted by Gasteiger charge is -2.36. The lowest BCUT2D eigenvalue weighted by Crippen LogP contribution is -2.45. The van der Waals surface area contributed by atoms with Crippen molar-refractivity contribution >= 4 is 5.69 Å². The molecule has 3 heterocycles. The first-order valence-electron chi connectivity index (χ1n) is 6.22. The van der Waals surface area contributed by atoms with Gasteiger partial charge in [-0.25, -0.2) is 0 Å². The normalized spacial score (nSPS) is 29.8. The molecule has 0 radical (unpaired) electrons. The van der Waals surface area contributed by atoms with Crippen molar-refractivity contribution < 1.29 is 0 Å². The van der Waals surface area contributed by atoms with Gasteiger partial charge < -0.3 is 10.2 Å². The number of aromatic nitrogens is 1. The monoisotopic (exact) mass is 217 g/mol. The van der Waals surface area contributed by atoms with Crippen LogP contribution in [0.1, 0.15) is 18.5 Å². The zero-order valence-corrected chi connectivity index (χ0v) is 9.82. The van der Waals surface area contributed by atoms with Gasteiger partial charge in [0, 0.05) is 18.8 Å². The van der Waals surface area contributed by atoms with E-state index in [2.05, 4.69) is 28.3 Å². The highest BCUT2D eigenvalue weighted by Gasteiger charge is 2.30. The van der Waals surface area contributed by atoms with Crippen molar-refractivity contribution in [2.24, 2.45) is 5.92 Å². The number of likely N-dealkylation sites (N-methyl/N-ethyl adjacent to an activating group) is 1. The Morgan fingerprint density at radius 2 is 2.38 bits per heavy atom. The number of nitrogens with one attached hydrogen (secondary N) is 1. The third-order valence-electron chi connectivity index (χ3n) is 3.94. The van der Waals surface area contributed by atoms with Crippen LogP contribution in [0.25, 0.3) is 0 Å². The Balaban J connectivity index is 1.85. The second kappa shape index (κ2) is 4.06.